The molecule has 2 aromatic rings. The van der Waals surface area contributed by atoms with Crippen LogP contribution in [0.15, 0.2) is 16.8 Å². The lowest BCUT2D eigenvalue weighted by atomic mass is 9.93. The number of aryl methyl sites for hydroxylation is 1. The summed E-state index contributed by atoms with van der Waals surface area (Å²) in [4.78, 5) is 12.9. The fourth-order valence-electron chi connectivity index (χ4n) is 2.44. The molecule has 100 valence electrons. The van der Waals surface area contributed by atoms with Crippen molar-refractivity contribution in [3.8, 4) is 11.5 Å². The summed E-state index contributed by atoms with van der Waals surface area (Å²) in [6.45, 7) is 5.02. The lowest BCUT2D eigenvalue weighted by molar-refractivity contribution is 0.295. The highest BCUT2D eigenvalue weighted by molar-refractivity contribution is 5.47. The normalized spacial score (nSPS) is 23.5. The smallest absolute Gasteiger partial charge is 0.230 e. The highest BCUT2D eigenvalue weighted by atomic mass is 16.5. The Kier molecular flexibility index (Phi) is 3.25. The molecule has 1 saturated heterocycles. The van der Waals surface area contributed by atoms with Gasteiger partial charge >= 0.3 is 0 Å². The Morgan fingerprint density at radius 1 is 1.37 bits per heavy atom. The number of nitrogens with one attached hydrogen (secondary N) is 1. The van der Waals surface area contributed by atoms with Crippen molar-refractivity contribution >= 4 is 0 Å². The van der Waals surface area contributed by atoms with Gasteiger partial charge < -0.3 is 9.84 Å². The van der Waals surface area contributed by atoms with Crippen LogP contribution in [0.4, 0.5) is 0 Å². The summed E-state index contributed by atoms with van der Waals surface area (Å²) < 4.78 is 5.40. The first kappa shape index (κ1) is 12.2. The zero-order valence-electron chi connectivity index (χ0n) is 11.1. The lowest BCUT2D eigenvalue weighted by Gasteiger charge is -2.25. The van der Waals surface area contributed by atoms with Gasteiger partial charge in [0.1, 0.15) is 11.5 Å². The van der Waals surface area contributed by atoms with Gasteiger partial charge in [0.25, 0.3) is 0 Å². The van der Waals surface area contributed by atoms with Gasteiger partial charge in [-0.1, -0.05) is 5.16 Å². The minimum atomic E-state index is 0.348. The molecule has 2 atom stereocenters. The van der Waals surface area contributed by atoms with Crippen LogP contribution in [0.3, 0.4) is 0 Å². The van der Waals surface area contributed by atoms with Crippen LogP contribution >= 0.6 is 0 Å². The summed E-state index contributed by atoms with van der Waals surface area (Å²) >= 11 is 0. The van der Waals surface area contributed by atoms with Gasteiger partial charge in [-0.3, -0.25) is 0 Å². The van der Waals surface area contributed by atoms with E-state index >= 15 is 0 Å². The molecule has 0 amide bonds. The third-order valence-corrected chi connectivity index (χ3v) is 3.42. The van der Waals surface area contributed by atoms with Crippen LogP contribution < -0.4 is 5.32 Å². The molecule has 2 aromatic heterocycles. The molecule has 3 rings (SSSR count). The molecule has 0 spiro atoms. The molecule has 0 aliphatic carbocycles. The molecule has 1 fully saturated rings. The zero-order chi connectivity index (χ0) is 13.2. The van der Waals surface area contributed by atoms with Crippen molar-refractivity contribution < 1.29 is 4.52 Å². The maximum Gasteiger partial charge on any atom is 0.230 e. The van der Waals surface area contributed by atoms with Crippen LogP contribution in [-0.4, -0.2) is 32.7 Å². The molecule has 6 nitrogen and oxygen atoms in total. The van der Waals surface area contributed by atoms with Crippen LogP contribution in [0, 0.1) is 6.92 Å². The van der Waals surface area contributed by atoms with Crippen LogP contribution in [0.5, 0.6) is 0 Å². The Labute approximate surface area is 111 Å². The minimum Gasteiger partial charge on any atom is -0.339 e. The Hall–Kier alpha value is -1.82. The van der Waals surface area contributed by atoms with Crippen molar-refractivity contribution in [2.24, 2.45) is 0 Å². The summed E-state index contributed by atoms with van der Waals surface area (Å²) in [6, 6.07) is 2.29. The Bertz CT molecular complexity index is 568. The Balaban J connectivity index is 1.83. The van der Waals surface area contributed by atoms with Crippen LogP contribution in [-0.2, 0) is 0 Å². The first-order valence-corrected chi connectivity index (χ1v) is 6.59. The summed E-state index contributed by atoms with van der Waals surface area (Å²) in [5, 5.41) is 7.45. The first-order chi connectivity index (χ1) is 9.22. The molecule has 3 heterocycles. The van der Waals surface area contributed by atoms with Crippen LogP contribution in [0.25, 0.3) is 11.5 Å². The molecule has 1 N–H and O–H groups in total. The largest absolute Gasteiger partial charge is 0.339 e. The molecule has 1 aliphatic rings. The highest BCUT2D eigenvalue weighted by Gasteiger charge is 2.25. The fourth-order valence-corrected chi connectivity index (χ4v) is 2.44. The Morgan fingerprint density at radius 2 is 2.26 bits per heavy atom. The quantitative estimate of drug-likeness (QED) is 0.884. The van der Waals surface area contributed by atoms with E-state index in [9.17, 15) is 0 Å². The first-order valence-electron chi connectivity index (χ1n) is 6.59. The molecule has 0 radical (unpaired) electrons. The molecule has 2 unspecified atom stereocenters. The van der Waals surface area contributed by atoms with Gasteiger partial charge in [0.15, 0.2) is 0 Å². The summed E-state index contributed by atoms with van der Waals surface area (Å²) in [5.74, 6) is 2.33. The molecule has 1 aliphatic heterocycles. The van der Waals surface area contributed by atoms with E-state index in [2.05, 4.69) is 32.3 Å². The average Bonchev–Trinajstić information content (AvgIpc) is 2.88. The molecular weight excluding hydrogens is 242 g/mol. The maximum atomic E-state index is 5.40. The van der Waals surface area contributed by atoms with Crippen molar-refractivity contribution in [3.63, 3.8) is 0 Å². The second kappa shape index (κ2) is 5.05. The van der Waals surface area contributed by atoms with E-state index in [1.807, 2.05) is 6.92 Å². The molecule has 0 saturated carbocycles. The van der Waals surface area contributed by atoms with Crippen LogP contribution in [0.1, 0.15) is 37.4 Å². The number of hydrogen-bond acceptors (Lipinski definition) is 6. The Morgan fingerprint density at radius 3 is 3.05 bits per heavy atom. The minimum absolute atomic E-state index is 0.348. The van der Waals surface area contributed by atoms with E-state index in [-0.39, 0.29) is 0 Å². The summed E-state index contributed by atoms with van der Waals surface area (Å²) in [7, 11) is 0. The second-order valence-electron chi connectivity index (χ2n) is 5.02. The number of nitrogens with zero attached hydrogens (tertiary/aromatic N) is 4. The third kappa shape index (κ3) is 2.63. The number of aromatic nitrogens is 4. The molecule has 19 heavy (non-hydrogen) atoms. The lowest BCUT2D eigenvalue weighted by Crippen LogP contribution is -2.34. The number of rotatable bonds is 2. The second-order valence-corrected chi connectivity index (χ2v) is 5.02. The van der Waals surface area contributed by atoms with E-state index < -0.39 is 0 Å². The van der Waals surface area contributed by atoms with Gasteiger partial charge in [-0.25, -0.2) is 9.97 Å². The molecular formula is C13H17N5O. The van der Waals surface area contributed by atoms with Crippen molar-refractivity contribution in [2.75, 3.05) is 6.54 Å². The van der Waals surface area contributed by atoms with Gasteiger partial charge in [-0.05, 0) is 39.3 Å². The highest BCUT2D eigenvalue weighted by Crippen LogP contribution is 2.27. The fraction of sp³-hybridized carbons (Fsp3) is 0.538. The van der Waals surface area contributed by atoms with Crippen molar-refractivity contribution in [1.82, 2.24) is 25.4 Å². The van der Waals surface area contributed by atoms with E-state index in [0.29, 0.717) is 29.3 Å². The maximum absolute atomic E-state index is 5.40. The summed E-state index contributed by atoms with van der Waals surface area (Å²) in [6.07, 6.45) is 3.78. The SMILES string of the molecule is Cc1nccc(-c2noc(C3CCNC(C)C3)n2)n1. The van der Waals surface area contributed by atoms with E-state index in [4.69, 9.17) is 4.52 Å². The molecule has 6 heteroatoms. The summed E-state index contributed by atoms with van der Waals surface area (Å²) in [5.41, 5.74) is 0.712. The van der Waals surface area contributed by atoms with E-state index in [1.54, 1.807) is 12.3 Å². The van der Waals surface area contributed by atoms with Crippen LogP contribution in [0.2, 0.25) is 0 Å². The predicted octanol–water partition coefficient (Wildman–Crippen LogP) is 1.69. The average molecular weight is 259 g/mol. The van der Waals surface area contributed by atoms with Gasteiger partial charge in [-0.2, -0.15) is 4.98 Å². The number of hydrogen-bond donors (Lipinski definition) is 1. The third-order valence-electron chi connectivity index (χ3n) is 3.42. The van der Waals surface area contributed by atoms with Gasteiger partial charge in [0.2, 0.25) is 11.7 Å². The van der Waals surface area contributed by atoms with Gasteiger partial charge in [-0.15, -0.1) is 0 Å². The van der Waals surface area contributed by atoms with Crippen molar-refractivity contribution in [1.29, 1.82) is 0 Å². The van der Waals surface area contributed by atoms with E-state index in [1.165, 1.54) is 0 Å². The standard InChI is InChI=1S/C13H17N5O/c1-8-7-10(3-5-14-8)13-17-12(18-19-13)11-4-6-15-9(2)16-11/h4,6,8,10,14H,3,5,7H2,1-2H3. The predicted molar refractivity (Wildman–Crippen MR) is 69.5 cm³/mol. The number of piperidine rings is 1. The van der Waals surface area contributed by atoms with Gasteiger partial charge in [0, 0.05) is 18.2 Å². The molecule has 0 aromatic carbocycles. The van der Waals surface area contributed by atoms with E-state index in [0.717, 1.165) is 25.3 Å². The van der Waals surface area contributed by atoms with Crippen molar-refractivity contribution in [2.45, 2.75) is 38.6 Å². The van der Waals surface area contributed by atoms with Crippen molar-refractivity contribution in [3.05, 3.63) is 24.0 Å². The van der Waals surface area contributed by atoms with Gasteiger partial charge in [0.05, 0.1) is 0 Å². The monoisotopic (exact) mass is 259 g/mol. The zero-order valence-corrected chi connectivity index (χ0v) is 11.1. The topological polar surface area (TPSA) is 76.7 Å². The molecule has 0 bridgehead atoms.